The van der Waals surface area contributed by atoms with Crippen LogP contribution in [0.5, 0.6) is 0 Å². The third-order valence-electron chi connectivity index (χ3n) is 3.02. The maximum Gasteiger partial charge on any atom is 0.203 e. The molecule has 1 unspecified atom stereocenters. The zero-order chi connectivity index (χ0) is 12.3. The lowest BCUT2D eigenvalue weighted by Gasteiger charge is -2.09. The maximum absolute atomic E-state index is 4.58. The lowest BCUT2D eigenvalue weighted by Crippen LogP contribution is -2.10. The van der Waals surface area contributed by atoms with Gasteiger partial charge in [0.25, 0.3) is 0 Å². The molecule has 3 nitrogen and oxygen atoms in total. The minimum Gasteiger partial charge on any atom is -0.356 e. The fourth-order valence-corrected chi connectivity index (χ4v) is 2.16. The molecule has 4 heteroatoms. The van der Waals surface area contributed by atoms with Crippen molar-refractivity contribution in [3.05, 3.63) is 24.3 Å². The van der Waals surface area contributed by atoms with Crippen LogP contribution in [0.2, 0.25) is 0 Å². The second-order valence-electron chi connectivity index (χ2n) is 4.24. The van der Waals surface area contributed by atoms with Crippen molar-refractivity contribution in [3.8, 4) is 0 Å². The zero-order valence-corrected chi connectivity index (χ0v) is 11.4. The van der Waals surface area contributed by atoms with Crippen molar-refractivity contribution < 1.29 is 0 Å². The predicted molar refractivity (Wildman–Crippen MR) is 76.8 cm³/mol. The third kappa shape index (κ3) is 2.75. The molecule has 1 aromatic heterocycles. The Labute approximate surface area is 107 Å². The SMILES string of the molecule is CSC(C)CCNc1nc2ccccc2n1C. The minimum absolute atomic E-state index is 0.692. The van der Waals surface area contributed by atoms with Crippen molar-refractivity contribution in [3.63, 3.8) is 0 Å². The molecular formula is C13H19N3S. The molecule has 0 aliphatic heterocycles. The van der Waals surface area contributed by atoms with Gasteiger partial charge in [-0.05, 0) is 24.8 Å². The van der Waals surface area contributed by atoms with Crippen LogP contribution < -0.4 is 5.32 Å². The number of rotatable bonds is 5. The fraction of sp³-hybridized carbons (Fsp3) is 0.462. The molecule has 17 heavy (non-hydrogen) atoms. The number of nitrogens with one attached hydrogen (secondary N) is 1. The lowest BCUT2D eigenvalue weighted by atomic mass is 10.3. The van der Waals surface area contributed by atoms with E-state index in [1.54, 1.807) is 0 Å². The van der Waals surface area contributed by atoms with Crippen molar-refractivity contribution >= 4 is 28.7 Å². The number of anilines is 1. The van der Waals surface area contributed by atoms with Gasteiger partial charge in [-0.15, -0.1) is 0 Å². The van der Waals surface area contributed by atoms with Crippen molar-refractivity contribution in [1.29, 1.82) is 0 Å². The Morgan fingerprint density at radius 2 is 2.18 bits per heavy atom. The number of nitrogens with zero attached hydrogens (tertiary/aromatic N) is 2. The van der Waals surface area contributed by atoms with Gasteiger partial charge in [-0.2, -0.15) is 11.8 Å². The molecule has 0 fully saturated rings. The summed E-state index contributed by atoms with van der Waals surface area (Å²) in [5.74, 6) is 0.958. The van der Waals surface area contributed by atoms with Crippen LogP contribution in [0, 0.1) is 0 Å². The summed E-state index contributed by atoms with van der Waals surface area (Å²) in [7, 11) is 2.05. The zero-order valence-electron chi connectivity index (χ0n) is 10.6. The highest BCUT2D eigenvalue weighted by Crippen LogP contribution is 2.18. The topological polar surface area (TPSA) is 29.9 Å². The Bertz CT molecular complexity index is 492. The standard InChI is InChI=1S/C13H19N3S/c1-10(17-3)8-9-14-13-15-11-6-4-5-7-12(11)16(13)2/h4-7,10H,8-9H2,1-3H3,(H,14,15). The summed E-state index contributed by atoms with van der Waals surface area (Å²) in [4.78, 5) is 4.58. The molecule has 0 bridgehead atoms. The number of hydrogen-bond donors (Lipinski definition) is 1. The Hall–Kier alpha value is -1.16. The van der Waals surface area contributed by atoms with Gasteiger partial charge in [0.05, 0.1) is 11.0 Å². The van der Waals surface area contributed by atoms with Gasteiger partial charge in [-0.3, -0.25) is 0 Å². The average Bonchev–Trinajstić information content (AvgIpc) is 2.67. The number of thioether (sulfide) groups is 1. The van der Waals surface area contributed by atoms with E-state index in [4.69, 9.17) is 0 Å². The number of fused-ring (bicyclic) bond motifs is 1. The number of hydrogen-bond acceptors (Lipinski definition) is 3. The second kappa shape index (κ2) is 5.45. The van der Waals surface area contributed by atoms with Crippen LogP contribution in [0.15, 0.2) is 24.3 Å². The van der Waals surface area contributed by atoms with Crippen LogP contribution >= 0.6 is 11.8 Å². The second-order valence-corrected chi connectivity index (χ2v) is 5.52. The summed E-state index contributed by atoms with van der Waals surface area (Å²) in [6, 6.07) is 8.21. The summed E-state index contributed by atoms with van der Waals surface area (Å²) >= 11 is 1.90. The lowest BCUT2D eigenvalue weighted by molar-refractivity contribution is 0.831. The Morgan fingerprint density at radius 1 is 1.41 bits per heavy atom. The summed E-state index contributed by atoms with van der Waals surface area (Å²) in [5.41, 5.74) is 2.23. The van der Waals surface area contributed by atoms with E-state index >= 15 is 0 Å². The number of imidazole rings is 1. The fourth-order valence-electron chi connectivity index (χ4n) is 1.81. The van der Waals surface area contributed by atoms with Gasteiger partial charge >= 0.3 is 0 Å². The first-order chi connectivity index (χ1) is 8.22. The molecule has 0 aliphatic rings. The van der Waals surface area contributed by atoms with Gasteiger partial charge in [0.1, 0.15) is 0 Å². The van der Waals surface area contributed by atoms with E-state index in [0.717, 1.165) is 24.4 Å². The molecule has 0 saturated heterocycles. The average molecular weight is 249 g/mol. The molecule has 1 heterocycles. The quantitative estimate of drug-likeness (QED) is 0.883. The minimum atomic E-state index is 0.692. The Balaban J connectivity index is 2.06. The van der Waals surface area contributed by atoms with Crippen LogP contribution in [0.1, 0.15) is 13.3 Å². The molecule has 92 valence electrons. The van der Waals surface area contributed by atoms with E-state index in [0.29, 0.717) is 5.25 Å². The van der Waals surface area contributed by atoms with Gasteiger partial charge in [0.15, 0.2) is 0 Å². The molecule has 1 atom stereocenters. The largest absolute Gasteiger partial charge is 0.356 e. The molecule has 0 spiro atoms. The molecule has 0 radical (unpaired) electrons. The van der Waals surface area contributed by atoms with E-state index in [-0.39, 0.29) is 0 Å². The van der Waals surface area contributed by atoms with Crippen molar-refractivity contribution in [2.75, 3.05) is 18.1 Å². The van der Waals surface area contributed by atoms with Crippen LogP contribution in [-0.4, -0.2) is 27.6 Å². The van der Waals surface area contributed by atoms with Gasteiger partial charge < -0.3 is 9.88 Å². The van der Waals surface area contributed by atoms with Crippen molar-refractivity contribution in [2.24, 2.45) is 7.05 Å². The van der Waals surface area contributed by atoms with Crippen LogP contribution in [0.3, 0.4) is 0 Å². The van der Waals surface area contributed by atoms with Crippen LogP contribution in [0.4, 0.5) is 5.95 Å². The van der Waals surface area contributed by atoms with Gasteiger partial charge in [-0.25, -0.2) is 4.98 Å². The van der Waals surface area contributed by atoms with Crippen molar-refractivity contribution in [2.45, 2.75) is 18.6 Å². The highest BCUT2D eigenvalue weighted by Gasteiger charge is 2.06. The molecule has 1 N–H and O–H groups in total. The van der Waals surface area contributed by atoms with Crippen LogP contribution in [0.25, 0.3) is 11.0 Å². The number of para-hydroxylation sites is 2. The van der Waals surface area contributed by atoms with Gasteiger partial charge in [0.2, 0.25) is 5.95 Å². The van der Waals surface area contributed by atoms with Crippen LogP contribution in [-0.2, 0) is 7.05 Å². The van der Waals surface area contributed by atoms with E-state index in [2.05, 4.69) is 41.2 Å². The van der Waals surface area contributed by atoms with E-state index in [9.17, 15) is 0 Å². The summed E-state index contributed by atoms with van der Waals surface area (Å²) in [6.45, 7) is 3.22. The molecule has 0 amide bonds. The predicted octanol–water partition coefficient (Wildman–Crippen LogP) is 3.13. The summed E-state index contributed by atoms with van der Waals surface area (Å²) in [6.07, 6.45) is 3.31. The van der Waals surface area contributed by atoms with Crippen molar-refractivity contribution in [1.82, 2.24) is 9.55 Å². The Kier molecular flexibility index (Phi) is 3.94. The normalized spacial score (nSPS) is 12.9. The number of benzene rings is 1. The molecule has 2 rings (SSSR count). The van der Waals surface area contributed by atoms with E-state index < -0.39 is 0 Å². The molecule has 2 aromatic rings. The van der Waals surface area contributed by atoms with E-state index in [1.807, 2.05) is 30.0 Å². The summed E-state index contributed by atoms with van der Waals surface area (Å²) in [5, 5.41) is 4.10. The molecule has 1 aromatic carbocycles. The molecule has 0 saturated carbocycles. The highest BCUT2D eigenvalue weighted by atomic mass is 32.2. The summed E-state index contributed by atoms with van der Waals surface area (Å²) < 4.78 is 2.11. The van der Waals surface area contributed by atoms with Gasteiger partial charge in [0, 0.05) is 18.8 Å². The number of aromatic nitrogens is 2. The first-order valence-electron chi connectivity index (χ1n) is 5.90. The van der Waals surface area contributed by atoms with Gasteiger partial charge in [-0.1, -0.05) is 19.1 Å². The highest BCUT2D eigenvalue weighted by molar-refractivity contribution is 7.99. The third-order valence-corrected chi connectivity index (χ3v) is 4.06. The van der Waals surface area contributed by atoms with E-state index in [1.165, 1.54) is 5.52 Å². The molecule has 0 aliphatic carbocycles. The first kappa shape index (κ1) is 12.3. The number of aryl methyl sites for hydroxylation is 1. The maximum atomic E-state index is 4.58. The smallest absolute Gasteiger partial charge is 0.203 e. The monoisotopic (exact) mass is 249 g/mol. The molecular weight excluding hydrogens is 230 g/mol. The Morgan fingerprint density at radius 3 is 2.88 bits per heavy atom. The first-order valence-corrected chi connectivity index (χ1v) is 7.19.